The highest BCUT2D eigenvalue weighted by Crippen LogP contribution is 2.23. The maximum Gasteiger partial charge on any atom is 0.267 e. The second kappa shape index (κ2) is 5.40. The zero-order chi connectivity index (χ0) is 13.3. The van der Waals surface area contributed by atoms with Crippen molar-refractivity contribution < 1.29 is 0 Å². The average Bonchev–Trinajstić information content (AvgIpc) is 2.33. The molecule has 0 bridgehead atoms. The molecule has 0 aliphatic heterocycles. The van der Waals surface area contributed by atoms with Crippen LogP contribution in [0.15, 0.2) is 33.7 Å². The zero-order valence-corrected chi connectivity index (χ0v) is 13.4. The Kier molecular flexibility index (Phi) is 4.06. The Bertz CT molecular complexity index is 634. The van der Waals surface area contributed by atoms with Gasteiger partial charge in [0.05, 0.1) is 10.1 Å². The molecule has 1 aromatic carbocycles. The summed E-state index contributed by atoms with van der Waals surface area (Å²) in [5, 5.41) is 0. The van der Waals surface area contributed by atoms with E-state index in [2.05, 4.69) is 20.9 Å². The van der Waals surface area contributed by atoms with E-state index in [4.69, 9.17) is 5.73 Å². The van der Waals surface area contributed by atoms with E-state index in [1.54, 1.807) is 10.8 Å². The standard InChI is InChI=1S/C12H11BrIN3O/c1-7-16-5-10(14)12(18)17(7)6-8-9(13)3-2-4-11(8)15/h2-5H,6,15H2,1H3. The number of nitrogens with two attached hydrogens (primary N) is 1. The molecule has 18 heavy (non-hydrogen) atoms. The summed E-state index contributed by atoms with van der Waals surface area (Å²) in [5.41, 5.74) is 7.45. The first kappa shape index (κ1) is 13.5. The van der Waals surface area contributed by atoms with Crippen molar-refractivity contribution in [1.82, 2.24) is 9.55 Å². The molecule has 4 nitrogen and oxygen atoms in total. The molecule has 0 saturated carbocycles. The van der Waals surface area contributed by atoms with Crippen molar-refractivity contribution in [3.8, 4) is 0 Å². The number of nitrogens with zero attached hydrogens (tertiary/aromatic N) is 2. The number of hydrogen-bond donors (Lipinski definition) is 1. The quantitative estimate of drug-likeness (QED) is 0.601. The molecule has 6 heteroatoms. The second-order valence-electron chi connectivity index (χ2n) is 3.85. The summed E-state index contributed by atoms with van der Waals surface area (Å²) in [4.78, 5) is 16.3. The molecule has 0 spiro atoms. The number of nitrogen functional groups attached to an aromatic ring is 1. The van der Waals surface area contributed by atoms with Crippen LogP contribution >= 0.6 is 38.5 Å². The van der Waals surface area contributed by atoms with Crippen LogP contribution in [0.25, 0.3) is 0 Å². The van der Waals surface area contributed by atoms with Crippen LogP contribution in [-0.4, -0.2) is 9.55 Å². The lowest BCUT2D eigenvalue weighted by molar-refractivity contribution is 0.694. The van der Waals surface area contributed by atoms with Crippen molar-refractivity contribution in [3.63, 3.8) is 0 Å². The maximum absolute atomic E-state index is 12.1. The summed E-state index contributed by atoms with van der Waals surface area (Å²) in [6, 6.07) is 5.60. The Morgan fingerprint density at radius 2 is 2.22 bits per heavy atom. The molecule has 0 amide bonds. The van der Waals surface area contributed by atoms with Gasteiger partial charge in [-0.3, -0.25) is 9.36 Å². The van der Waals surface area contributed by atoms with Gasteiger partial charge in [-0.2, -0.15) is 0 Å². The van der Waals surface area contributed by atoms with Gasteiger partial charge in [-0.05, 0) is 41.6 Å². The van der Waals surface area contributed by atoms with Crippen LogP contribution in [-0.2, 0) is 6.54 Å². The molecule has 0 aliphatic rings. The topological polar surface area (TPSA) is 60.9 Å². The minimum Gasteiger partial charge on any atom is -0.398 e. The van der Waals surface area contributed by atoms with Crippen molar-refractivity contribution in [2.45, 2.75) is 13.5 Å². The van der Waals surface area contributed by atoms with Gasteiger partial charge in [0.2, 0.25) is 0 Å². The number of hydrogen-bond acceptors (Lipinski definition) is 3. The third kappa shape index (κ3) is 2.59. The molecule has 2 N–H and O–H groups in total. The van der Waals surface area contributed by atoms with E-state index in [1.807, 2.05) is 47.7 Å². The molecular weight excluding hydrogens is 409 g/mol. The Hall–Kier alpha value is -0.890. The fraction of sp³-hybridized carbons (Fsp3) is 0.167. The van der Waals surface area contributed by atoms with Gasteiger partial charge in [0.15, 0.2) is 0 Å². The molecule has 0 aliphatic carbocycles. The number of aromatic nitrogens is 2. The molecule has 2 aromatic rings. The largest absolute Gasteiger partial charge is 0.398 e. The second-order valence-corrected chi connectivity index (χ2v) is 5.87. The maximum atomic E-state index is 12.1. The number of anilines is 1. The smallest absolute Gasteiger partial charge is 0.267 e. The summed E-state index contributed by atoms with van der Waals surface area (Å²) in [6.45, 7) is 2.23. The first-order valence-electron chi connectivity index (χ1n) is 5.25. The molecule has 94 valence electrons. The van der Waals surface area contributed by atoms with Crippen molar-refractivity contribution in [2.75, 3.05) is 5.73 Å². The molecule has 0 fully saturated rings. The number of aryl methyl sites for hydroxylation is 1. The Labute approximate surface area is 126 Å². The minimum atomic E-state index is -0.0433. The van der Waals surface area contributed by atoms with E-state index in [1.165, 1.54) is 0 Å². The average molecular weight is 420 g/mol. The third-order valence-corrected chi connectivity index (χ3v) is 4.16. The number of rotatable bonds is 2. The molecule has 1 aromatic heterocycles. The van der Waals surface area contributed by atoms with Gasteiger partial charge in [0.1, 0.15) is 5.82 Å². The summed E-state index contributed by atoms with van der Waals surface area (Å²) in [5.74, 6) is 0.676. The molecular formula is C12H11BrIN3O. The fourth-order valence-electron chi connectivity index (χ4n) is 1.64. The van der Waals surface area contributed by atoms with Gasteiger partial charge in [-0.15, -0.1) is 0 Å². The van der Waals surface area contributed by atoms with Gasteiger partial charge in [-0.1, -0.05) is 22.0 Å². The first-order chi connectivity index (χ1) is 8.50. The lowest BCUT2D eigenvalue weighted by Crippen LogP contribution is -2.26. The number of benzene rings is 1. The highest BCUT2D eigenvalue weighted by molar-refractivity contribution is 14.1. The number of halogens is 2. The van der Waals surface area contributed by atoms with Crippen LogP contribution in [0.5, 0.6) is 0 Å². The summed E-state index contributed by atoms with van der Waals surface area (Å²) >= 11 is 5.44. The van der Waals surface area contributed by atoms with E-state index in [0.29, 0.717) is 21.6 Å². The highest BCUT2D eigenvalue weighted by atomic mass is 127. The third-order valence-electron chi connectivity index (χ3n) is 2.68. The van der Waals surface area contributed by atoms with E-state index >= 15 is 0 Å². The van der Waals surface area contributed by atoms with Crippen molar-refractivity contribution in [3.05, 3.63) is 54.2 Å². The minimum absolute atomic E-state index is 0.0433. The van der Waals surface area contributed by atoms with Crippen LogP contribution in [0.2, 0.25) is 0 Å². The lowest BCUT2D eigenvalue weighted by atomic mass is 10.2. The normalized spacial score (nSPS) is 10.6. The summed E-state index contributed by atoms with van der Waals surface area (Å²) in [7, 11) is 0. The van der Waals surface area contributed by atoms with Crippen LogP contribution in [0.3, 0.4) is 0 Å². The Morgan fingerprint density at radius 1 is 1.50 bits per heavy atom. The predicted octanol–water partition coefficient (Wildman–Crippen LogP) is 2.55. The molecule has 0 saturated heterocycles. The van der Waals surface area contributed by atoms with Crippen molar-refractivity contribution in [1.29, 1.82) is 0 Å². The van der Waals surface area contributed by atoms with Crippen LogP contribution < -0.4 is 11.3 Å². The highest BCUT2D eigenvalue weighted by Gasteiger charge is 2.10. The van der Waals surface area contributed by atoms with Crippen LogP contribution in [0, 0.1) is 10.5 Å². The van der Waals surface area contributed by atoms with E-state index in [0.717, 1.165) is 10.0 Å². The van der Waals surface area contributed by atoms with Gasteiger partial charge in [0.25, 0.3) is 5.56 Å². The van der Waals surface area contributed by atoms with Crippen LogP contribution in [0.4, 0.5) is 5.69 Å². The van der Waals surface area contributed by atoms with Gasteiger partial charge >= 0.3 is 0 Å². The molecule has 0 unspecified atom stereocenters. The van der Waals surface area contributed by atoms with E-state index in [-0.39, 0.29) is 5.56 Å². The van der Waals surface area contributed by atoms with E-state index in [9.17, 15) is 4.79 Å². The van der Waals surface area contributed by atoms with Gasteiger partial charge in [-0.25, -0.2) is 4.98 Å². The fourth-order valence-corrected chi connectivity index (χ4v) is 2.57. The monoisotopic (exact) mass is 419 g/mol. The summed E-state index contributed by atoms with van der Waals surface area (Å²) < 4.78 is 3.12. The van der Waals surface area contributed by atoms with Crippen molar-refractivity contribution in [2.24, 2.45) is 0 Å². The predicted molar refractivity (Wildman–Crippen MR) is 83.6 cm³/mol. The first-order valence-corrected chi connectivity index (χ1v) is 7.12. The summed E-state index contributed by atoms with van der Waals surface area (Å²) in [6.07, 6.45) is 1.58. The SMILES string of the molecule is Cc1ncc(I)c(=O)n1Cc1c(N)cccc1Br. The van der Waals surface area contributed by atoms with Crippen molar-refractivity contribution >= 4 is 44.2 Å². The van der Waals surface area contributed by atoms with Crippen LogP contribution in [0.1, 0.15) is 11.4 Å². The van der Waals surface area contributed by atoms with Gasteiger partial charge in [0, 0.05) is 21.9 Å². The zero-order valence-electron chi connectivity index (χ0n) is 9.65. The van der Waals surface area contributed by atoms with E-state index < -0.39 is 0 Å². The Balaban J connectivity index is 2.53. The molecule has 0 atom stereocenters. The molecule has 1 heterocycles. The molecule has 2 rings (SSSR count). The molecule has 0 radical (unpaired) electrons. The lowest BCUT2D eigenvalue weighted by Gasteiger charge is -2.12. The Morgan fingerprint density at radius 3 is 2.89 bits per heavy atom. The van der Waals surface area contributed by atoms with Gasteiger partial charge < -0.3 is 5.73 Å².